The number of ether oxygens (including phenoxy) is 2. The molecule has 7 nitrogen and oxygen atoms in total. The van der Waals surface area contributed by atoms with Crippen molar-refractivity contribution in [2.24, 2.45) is 0 Å². The molecule has 0 fully saturated rings. The minimum absolute atomic E-state index is 0.0591. The van der Waals surface area contributed by atoms with E-state index in [-0.39, 0.29) is 22.8 Å². The van der Waals surface area contributed by atoms with E-state index in [4.69, 9.17) is 9.84 Å². The number of amides is 1. The standard InChI is InChI=1S/C24H15F3N2O5/c25-24(26,27)34-18-11-9-17(10-12-18)33-20-13-15-3-1-2-4-19(15)29-21(20)22(30)28-16-7-5-14(6-8-16)23(31)32/h1-13H,(H,28,30)(H,31,32). The number of aromatic nitrogens is 1. The van der Waals surface area contributed by atoms with E-state index in [0.29, 0.717) is 16.6 Å². The average molecular weight is 468 g/mol. The molecule has 0 spiro atoms. The topological polar surface area (TPSA) is 97.8 Å². The van der Waals surface area contributed by atoms with Crippen molar-refractivity contribution in [2.75, 3.05) is 5.32 Å². The van der Waals surface area contributed by atoms with Crippen molar-refractivity contribution >= 4 is 28.5 Å². The van der Waals surface area contributed by atoms with E-state index in [2.05, 4.69) is 15.0 Å². The second kappa shape index (κ2) is 9.10. The van der Waals surface area contributed by atoms with E-state index in [1.165, 1.54) is 36.4 Å². The van der Waals surface area contributed by atoms with Gasteiger partial charge in [-0.15, -0.1) is 13.2 Å². The van der Waals surface area contributed by atoms with Crippen LogP contribution in [-0.4, -0.2) is 28.3 Å². The maximum absolute atomic E-state index is 13.0. The highest BCUT2D eigenvalue weighted by molar-refractivity contribution is 6.06. The molecule has 4 aromatic rings. The number of nitrogens with one attached hydrogen (secondary N) is 1. The third-order valence-corrected chi connectivity index (χ3v) is 4.58. The van der Waals surface area contributed by atoms with Crippen LogP contribution in [0.25, 0.3) is 10.9 Å². The Kier molecular flexibility index (Phi) is 6.05. The number of carbonyl (C=O) groups is 2. The number of alkyl halides is 3. The number of benzene rings is 3. The summed E-state index contributed by atoms with van der Waals surface area (Å²) in [6.45, 7) is 0. The van der Waals surface area contributed by atoms with Gasteiger partial charge >= 0.3 is 12.3 Å². The van der Waals surface area contributed by atoms with Gasteiger partial charge in [0.1, 0.15) is 11.5 Å². The van der Waals surface area contributed by atoms with Gasteiger partial charge in [-0.1, -0.05) is 18.2 Å². The van der Waals surface area contributed by atoms with Crippen molar-refractivity contribution in [3.8, 4) is 17.2 Å². The van der Waals surface area contributed by atoms with Gasteiger partial charge in [0.05, 0.1) is 11.1 Å². The van der Waals surface area contributed by atoms with Gasteiger partial charge in [0.2, 0.25) is 0 Å². The first-order valence-corrected chi connectivity index (χ1v) is 9.76. The molecule has 0 saturated heterocycles. The first-order chi connectivity index (χ1) is 16.2. The molecule has 0 atom stereocenters. The number of carboxylic acid groups (broad SMARTS) is 1. The van der Waals surface area contributed by atoms with Crippen LogP contribution >= 0.6 is 0 Å². The van der Waals surface area contributed by atoms with Gasteiger partial charge in [0.15, 0.2) is 11.4 Å². The number of carbonyl (C=O) groups excluding carboxylic acids is 1. The molecule has 0 saturated carbocycles. The molecule has 10 heteroatoms. The van der Waals surface area contributed by atoms with E-state index < -0.39 is 24.0 Å². The van der Waals surface area contributed by atoms with Crippen LogP contribution in [0.1, 0.15) is 20.8 Å². The first kappa shape index (κ1) is 22.6. The molecule has 0 bridgehead atoms. The third-order valence-electron chi connectivity index (χ3n) is 4.58. The van der Waals surface area contributed by atoms with Crippen LogP contribution in [-0.2, 0) is 0 Å². The number of nitrogens with zero attached hydrogens (tertiary/aromatic N) is 1. The molecule has 1 heterocycles. The number of hydrogen-bond acceptors (Lipinski definition) is 5. The van der Waals surface area contributed by atoms with Crippen LogP contribution in [0.15, 0.2) is 78.9 Å². The fourth-order valence-electron chi connectivity index (χ4n) is 3.06. The summed E-state index contributed by atoms with van der Waals surface area (Å²) >= 11 is 0. The average Bonchev–Trinajstić information content (AvgIpc) is 2.79. The number of rotatable bonds is 6. The summed E-state index contributed by atoms with van der Waals surface area (Å²) in [5, 5.41) is 12.3. The normalized spacial score (nSPS) is 11.1. The number of carboxylic acids is 1. The van der Waals surface area contributed by atoms with Crippen molar-refractivity contribution in [1.29, 1.82) is 0 Å². The summed E-state index contributed by atoms with van der Waals surface area (Å²) in [4.78, 5) is 28.4. The van der Waals surface area contributed by atoms with Crippen molar-refractivity contribution in [1.82, 2.24) is 4.98 Å². The summed E-state index contributed by atoms with van der Waals surface area (Å²) in [6.07, 6.45) is -4.82. The summed E-state index contributed by atoms with van der Waals surface area (Å²) in [5.41, 5.74) is 0.847. The molecule has 34 heavy (non-hydrogen) atoms. The Balaban J connectivity index is 1.63. The number of hydrogen-bond donors (Lipinski definition) is 2. The molecular formula is C24H15F3N2O5. The minimum atomic E-state index is -4.82. The van der Waals surface area contributed by atoms with Gasteiger partial charge in [-0.3, -0.25) is 4.79 Å². The molecule has 4 rings (SSSR count). The van der Waals surface area contributed by atoms with Crippen molar-refractivity contribution in [3.05, 3.63) is 90.1 Å². The molecule has 0 aliphatic rings. The lowest BCUT2D eigenvalue weighted by atomic mass is 10.1. The Morgan fingerprint density at radius 1 is 0.882 bits per heavy atom. The molecule has 1 amide bonds. The number of fused-ring (bicyclic) bond motifs is 1. The van der Waals surface area contributed by atoms with E-state index >= 15 is 0 Å². The van der Waals surface area contributed by atoms with E-state index in [1.54, 1.807) is 30.3 Å². The summed E-state index contributed by atoms with van der Waals surface area (Å²) in [5.74, 6) is -1.91. The van der Waals surface area contributed by atoms with Gasteiger partial charge in [-0.25, -0.2) is 9.78 Å². The zero-order chi connectivity index (χ0) is 24.3. The SMILES string of the molecule is O=C(O)c1ccc(NC(=O)c2nc3ccccc3cc2Oc2ccc(OC(F)(F)F)cc2)cc1. The monoisotopic (exact) mass is 468 g/mol. The molecular weight excluding hydrogens is 453 g/mol. The van der Waals surface area contributed by atoms with Gasteiger partial charge < -0.3 is 19.9 Å². The molecule has 2 N–H and O–H groups in total. The lowest BCUT2D eigenvalue weighted by molar-refractivity contribution is -0.274. The van der Waals surface area contributed by atoms with Gasteiger partial charge in [0, 0.05) is 11.1 Å². The number of aromatic carboxylic acids is 1. The predicted molar refractivity (Wildman–Crippen MR) is 116 cm³/mol. The Morgan fingerprint density at radius 2 is 1.53 bits per heavy atom. The van der Waals surface area contributed by atoms with Crippen molar-refractivity contribution in [3.63, 3.8) is 0 Å². The fraction of sp³-hybridized carbons (Fsp3) is 0.0417. The second-order valence-corrected chi connectivity index (χ2v) is 6.99. The largest absolute Gasteiger partial charge is 0.573 e. The van der Waals surface area contributed by atoms with Crippen LogP contribution in [0.2, 0.25) is 0 Å². The lowest BCUT2D eigenvalue weighted by Gasteiger charge is -2.13. The second-order valence-electron chi connectivity index (χ2n) is 6.99. The van der Waals surface area contributed by atoms with Crippen molar-refractivity contribution < 1.29 is 37.3 Å². The van der Waals surface area contributed by atoms with E-state index in [0.717, 1.165) is 12.1 Å². The van der Waals surface area contributed by atoms with Gasteiger partial charge in [-0.05, 0) is 60.7 Å². The highest BCUT2D eigenvalue weighted by atomic mass is 19.4. The van der Waals surface area contributed by atoms with Crippen LogP contribution in [0.4, 0.5) is 18.9 Å². The van der Waals surface area contributed by atoms with E-state index in [9.17, 15) is 22.8 Å². The quantitative estimate of drug-likeness (QED) is 0.367. The molecule has 1 aromatic heterocycles. The Morgan fingerprint density at radius 3 is 2.18 bits per heavy atom. The lowest BCUT2D eigenvalue weighted by Crippen LogP contribution is -2.17. The highest BCUT2D eigenvalue weighted by Gasteiger charge is 2.31. The van der Waals surface area contributed by atoms with E-state index in [1.807, 2.05) is 0 Å². The molecule has 0 aliphatic carbocycles. The highest BCUT2D eigenvalue weighted by Crippen LogP contribution is 2.31. The van der Waals surface area contributed by atoms with Gasteiger partial charge in [0.25, 0.3) is 5.91 Å². The van der Waals surface area contributed by atoms with Crippen LogP contribution in [0, 0.1) is 0 Å². The zero-order valence-electron chi connectivity index (χ0n) is 17.2. The molecule has 0 radical (unpaired) electrons. The van der Waals surface area contributed by atoms with Crippen LogP contribution in [0.5, 0.6) is 17.2 Å². The summed E-state index contributed by atoms with van der Waals surface area (Å²) < 4.78 is 46.8. The zero-order valence-corrected chi connectivity index (χ0v) is 17.2. The Bertz CT molecular complexity index is 1350. The number of pyridine rings is 1. The number of para-hydroxylation sites is 1. The predicted octanol–water partition coefficient (Wildman–Crippen LogP) is 5.88. The van der Waals surface area contributed by atoms with Crippen molar-refractivity contribution in [2.45, 2.75) is 6.36 Å². The third kappa shape index (κ3) is 5.41. The fourth-order valence-corrected chi connectivity index (χ4v) is 3.06. The maximum atomic E-state index is 13.0. The van der Waals surface area contributed by atoms with Gasteiger partial charge in [-0.2, -0.15) is 0 Å². The smallest absolute Gasteiger partial charge is 0.478 e. The molecule has 172 valence electrons. The number of halogens is 3. The summed E-state index contributed by atoms with van der Waals surface area (Å²) in [7, 11) is 0. The minimum Gasteiger partial charge on any atom is -0.478 e. The Labute approximate surface area is 190 Å². The van der Waals surface area contributed by atoms with Crippen LogP contribution in [0.3, 0.4) is 0 Å². The molecule has 0 aliphatic heterocycles. The number of anilines is 1. The first-order valence-electron chi connectivity index (χ1n) is 9.76. The maximum Gasteiger partial charge on any atom is 0.573 e. The molecule has 0 unspecified atom stereocenters. The Hall–Kier alpha value is -4.60. The molecule has 3 aromatic carbocycles. The van der Waals surface area contributed by atoms with Crippen LogP contribution < -0.4 is 14.8 Å². The summed E-state index contributed by atoms with van der Waals surface area (Å²) in [6, 6.07) is 18.8.